The first-order valence-electron chi connectivity index (χ1n) is 4.43. The highest BCUT2D eigenvalue weighted by Gasteiger charge is 1.95. The molecule has 0 bridgehead atoms. The SMILES string of the molecule is OC1=CNCNC1.OC1=CNCNC1. The third-order valence-electron chi connectivity index (χ3n) is 1.60. The van der Waals surface area contributed by atoms with Crippen molar-refractivity contribution in [1.29, 1.82) is 0 Å². The van der Waals surface area contributed by atoms with Crippen LogP contribution in [-0.2, 0) is 0 Å². The normalized spacial score (nSPS) is 20.3. The van der Waals surface area contributed by atoms with Gasteiger partial charge in [-0.15, -0.1) is 0 Å². The number of nitrogens with one attached hydrogen (secondary N) is 4. The Balaban J connectivity index is 0.000000140. The first-order chi connectivity index (χ1) is 6.79. The lowest BCUT2D eigenvalue weighted by molar-refractivity contribution is 0.369. The van der Waals surface area contributed by atoms with Crippen molar-refractivity contribution in [2.45, 2.75) is 0 Å². The second-order valence-corrected chi connectivity index (χ2v) is 2.89. The van der Waals surface area contributed by atoms with Gasteiger partial charge in [0.15, 0.2) is 0 Å². The molecule has 0 spiro atoms. The van der Waals surface area contributed by atoms with Crippen LogP contribution in [0.4, 0.5) is 0 Å². The predicted octanol–water partition coefficient (Wildman–Crippen LogP) is -0.928. The van der Waals surface area contributed by atoms with Crippen LogP contribution in [0.2, 0.25) is 0 Å². The monoisotopic (exact) mass is 200 g/mol. The maximum Gasteiger partial charge on any atom is 0.122 e. The molecule has 0 atom stereocenters. The standard InChI is InChI=1S/2C4H8N2O/c2*7-4-1-5-3-6-2-4/h2*1,5-7H,2-3H2. The van der Waals surface area contributed by atoms with Gasteiger partial charge in [-0.1, -0.05) is 0 Å². The minimum absolute atomic E-state index is 0.367. The van der Waals surface area contributed by atoms with Gasteiger partial charge in [0.25, 0.3) is 0 Å². The van der Waals surface area contributed by atoms with Crippen molar-refractivity contribution < 1.29 is 10.2 Å². The van der Waals surface area contributed by atoms with Crippen molar-refractivity contribution in [3.8, 4) is 0 Å². The van der Waals surface area contributed by atoms with E-state index in [1.54, 1.807) is 12.4 Å². The highest BCUT2D eigenvalue weighted by Crippen LogP contribution is 1.84. The molecule has 2 aliphatic rings. The van der Waals surface area contributed by atoms with Crippen LogP contribution in [-0.4, -0.2) is 36.6 Å². The van der Waals surface area contributed by atoms with E-state index in [0.717, 1.165) is 13.3 Å². The molecule has 6 nitrogen and oxygen atoms in total. The van der Waals surface area contributed by atoms with E-state index >= 15 is 0 Å². The predicted molar refractivity (Wildman–Crippen MR) is 53.4 cm³/mol. The zero-order valence-electron chi connectivity index (χ0n) is 7.88. The van der Waals surface area contributed by atoms with E-state index in [1.165, 1.54) is 0 Å². The fraction of sp³-hybridized carbons (Fsp3) is 0.500. The fourth-order valence-corrected chi connectivity index (χ4v) is 0.965. The van der Waals surface area contributed by atoms with Gasteiger partial charge in [0.2, 0.25) is 0 Å². The molecule has 6 N–H and O–H groups in total. The van der Waals surface area contributed by atoms with Crippen LogP contribution in [0.5, 0.6) is 0 Å². The Labute approximate surface area is 82.7 Å². The summed E-state index contributed by atoms with van der Waals surface area (Å²) < 4.78 is 0. The first kappa shape index (κ1) is 10.7. The van der Waals surface area contributed by atoms with Gasteiger partial charge < -0.3 is 20.8 Å². The van der Waals surface area contributed by atoms with E-state index in [-0.39, 0.29) is 0 Å². The highest BCUT2D eigenvalue weighted by atomic mass is 16.3. The van der Waals surface area contributed by atoms with E-state index in [2.05, 4.69) is 21.3 Å². The maximum atomic E-state index is 8.65. The molecule has 6 heteroatoms. The topological polar surface area (TPSA) is 88.6 Å². The molecule has 80 valence electrons. The average molecular weight is 200 g/mol. The summed E-state index contributed by atoms with van der Waals surface area (Å²) in [5, 5.41) is 28.7. The van der Waals surface area contributed by atoms with Gasteiger partial charge in [0.1, 0.15) is 11.5 Å². The summed E-state index contributed by atoms with van der Waals surface area (Å²) in [4.78, 5) is 0. The van der Waals surface area contributed by atoms with Crippen molar-refractivity contribution in [3.63, 3.8) is 0 Å². The first-order valence-corrected chi connectivity index (χ1v) is 4.43. The summed E-state index contributed by atoms with van der Waals surface area (Å²) in [5.74, 6) is 0.734. The maximum absolute atomic E-state index is 8.65. The largest absolute Gasteiger partial charge is 0.509 e. The van der Waals surface area contributed by atoms with Crippen LogP contribution in [0.25, 0.3) is 0 Å². The van der Waals surface area contributed by atoms with Gasteiger partial charge in [-0.2, -0.15) is 0 Å². The molecule has 0 saturated heterocycles. The Bertz CT molecular complexity index is 203. The summed E-state index contributed by atoms with van der Waals surface area (Å²) in [5.41, 5.74) is 0. The molecule has 0 saturated carbocycles. The molecule has 2 aliphatic heterocycles. The Morgan fingerprint density at radius 3 is 1.43 bits per heavy atom. The molecule has 14 heavy (non-hydrogen) atoms. The average Bonchev–Trinajstić information content (AvgIpc) is 2.21. The smallest absolute Gasteiger partial charge is 0.122 e. The summed E-state index contributed by atoms with van der Waals surface area (Å²) >= 11 is 0. The van der Waals surface area contributed by atoms with E-state index in [1.807, 2.05) is 0 Å². The van der Waals surface area contributed by atoms with Gasteiger partial charge >= 0.3 is 0 Å². The Hall–Kier alpha value is -1.40. The minimum Gasteiger partial charge on any atom is -0.509 e. The van der Waals surface area contributed by atoms with Gasteiger partial charge in [-0.25, -0.2) is 0 Å². The number of aliphatic hydroxyl groups excluding tert-OH is 2. The molecule has 2 rings (SSSR count). The molecule has 0 aliphatic carbocycles. The molecule has 0 amide bonds. The lowest BCUT2D eigenvalue weighted by Crippen LogP contribution is -2.32. The second kappa shape index (κ2) is 6.11. The lowest BCUT2D eigenvalue weighted by atomic mass is 10.5. The fourth-order valence-electron chi connectivity index (χ4n) is 0.965. The summed E-state index contributed by atoms with van der Waals surface area (Å²) in [7, 11) is 0. The highest BCUT2D eigenvalue weighted by molar-refractivity contribution is 4.94. The number of aliphatic hydroxyl groups is 2. The van der Waals surface area contributed by atoms with Crippen LogP contribution >= 0.6 is 0 Å². The number of rotatable bonds is 0. The van der Waals surface area contributed by atoms with Crippen molar-refractivity contribution in [3.05, 3.63) is 23.9 Å². The summed E-state index contributed by atoms with van der Waals surface area (Å²) in [6.45, 7) is 2.69. The summed E-state index contributed by atoms with van der Waals surface area (Å²) in [6.07, 6.45) is 3.19. The molecule has 0 aromatic heterocycles. The molecule has 0 fully saturated rings. The molecule has 0 radical (unpaired) electrons. The summed E-state index contributed by atoms with van der Waals surface area (Å²) in [6, 6.07) is 0. The molecule has 2 heterocycles. The number of hydrogen-bond donors (Lipinski definition) is 6. The van der Waals surface area contributed by atoms with E-state index in [4.69, 9.17) is 10.2 Å². The Morgan fingerprint density at radius 1 is 0.857 bits per heavy atom. The van der Waals surface area contributed by atoms with Crippen molar-refractivity contribution in [2.24, 2.45) is 0 Å². The van der Waals surface area contributed by atoms with Crippen molar-refractivity contribution in [2.75, 3.05) is 26.4 Å². The zero-order valence-corrected chi connectivity index (χ0v) is 7.88. The Kier molecular flexibility index (Phi) is 4.66. The third-order valence-corrected chi connectivity index (χ3v) is 1.60. The Morgan fingerprint density at radius 2 is 1.29 bits per heavy atom. The molecule has 0 aromatic carbocycles. The van der Waals surface area contributed by atoms with Crippen LogP contribution in [0.1, 0.15) is 0 Å². The molecular formula is C8H16N4O2. The van der Waals surface area contributed by atoms with Crippen LogP contribution in [0, 0.1) is 0 Å². The number of hydrogen-bond acceptors (Lipinski definition) is 6. The zero-order chi connectivity index (χ0) is 10.2. The molecule has 0 unspecified atom stereocenters. The molecule has 0 aromatic rings. The van der Waals surface area contributed by atoms with E-state index in [0.29, 0.717) is 24.6 Å². The van der Waals surface area contributed by atoms with Gasteiger partial charge in [-0.05, 0) is 0 Å². The lowest BCUT2D eigenvalue weighted by Gasteiger charge is -2.09. The van der Waals surface area contributed by atoms with Crippen LogP contribution in [0.15, 0.2) is 23.9 Å². The molecular weight excluding hydrogens is 184 g/mol. The van der Waals surface area contributed by atoms with Crippen molar-refractivity contribution in [1.82, 2.24) is 21.3 Å². The van der Waals surface area contributed by atoms with Crippen molar-refractivity contribution >= 4 is 0 Å². The van der Waals surface area contributed by atoms with Crippen LogP contribution < -0.4 is 21.3 Å². The van der Waals surface area contributed by atoms with Gasteiger partial charge in [0, 0.05) is 12.4 Å². The minimum atomic E-state index is 0.367. The van der Waals surface area contributed by atoms with Gasteiger partial charge in [-0.3, -0.25) is 10.6 Å². The van der Waals surface area contributed by atoms with Gasteiger partial charge in [0.05, 0.1) is 26.4 Å². The quantitative estimate of drug-likeness (QED) is 0.303. The third kappa shape index (κ3) is 4.58. The second-order valence-electron chi connectivity index (χ2n) is 2.89. The van der Waals surface area contributed by atoms with E-state index in [9.17, 15) is 0 Å². The van der Waals surface area contributed by atoms with Crippen LogP contribution in [0.3, 0.4) is 0 Å². The van der Waals surface area contributed by atoms with E-state index < -0.39 is 0 Å².